The van der Waals surface area contributed by atoms with Crippen molar-refractivity contribution in [3.8, 4) is 0 Å². The van der Waals surface area contributed by atoms with Crippen molar-refractivity contribution in [2.75, 3.05) is 13.1 Å². The Hall–Kier alpha value is -0.570. The SMILES string of the molecule is [CH2]N1CC[C@](C)(C(=O)O)C1. The van der Waals surface area contributed by atoms with Gasteiger partial charge in [0.15, 0.2) is 0 Å². The molecule has 0 unspecified atom stereocenters. The van der Waals surface area contributed by atoms with E-state index >= 15 is 0 Å². The molecule has 0 spiro atoms. The van der Waals surface area contributed by atoms with Crippen LogP contribution < -0.4 is 0 Å². The van der Waals surface area contributed by atoms with Crippen LogP contribution in [-0.4, -0.2) is 29.1 Å². The average Bonchev–Trinajstić information content (AvgIpc) is 2.13. The number of hydrogen-bond acceptors (Lipinski definition) is 2. The monoisotopic (exact) mass is 142 g/mol. The summed E-state index contributed by atoms with van der Waals surface area (Å²) in [5.74, 6) is -0.710. The first-order chi connectivity index (χ1) is 4.54. The first-order valence-electron chi connectivity index (χ1n) is 3.33. The molecule has 1 saturated heterocycles. The van der Waals surface area contributed by atoms with Crippen LogP contribution in [0.4, 0.5) is 0 Å². The summed E-state index contributed by atoms with van der Waals surface area (Å²) >= 11 is 0. The number of likely N-dealkylation sites (tertiary alicyclic amines) is 1. The highest BCUT2D eigenvalue weighted by Gasteiger charge is 2.38. The molecule has 0 amide bonds. The normalized spacial score (nSPS) is 34.6. The average molecular weight is 142 g/mol. The van der Waals surface area contributed by atoms with E-state index in [1.807, 2.05) is 0 Å². The van der Waals surface area contributed by atoms with Gasteiger partial charge in [-0.05, 0) is 19.9 Å². The van der Waals surface area contributed by atoms with Gasteiger partial charge in [-0.15, -0.1) is 0 Å². The zero-order chi connectivity index (χ0) is 7.78. The minimum atomic E-state index is -0.710. The van der Waals surface area contributed by atoms with Gasteiger partial charge >= 0.3 is 5.97 Å². The van der Waals surface area contributed by atoms with E-state index < -0.39 is 11.4 Å². The van der Waals surface area contributed by atoms with E-state index in [0.29, 0.717) is 13.0 Å². The number of carboxylic acids is 1. The quantitative estimate of drug-likeness (QED) is 0.582. The van der Waals surface area contributed by atoms with Crippen molar-refractivity contribution in [1.82, 2.24) is 4.90 Å². The molecule has 1 heterocycles. The number of aliphatic carboxylic acids is 1. The molecule has 0 aromatic heterocycles. The Kier molecular flexibility index (Phi) is 1.68. The Morgan fingerprint density at radius 3 is 2.60 bits per heavy atom. The van der Waals surface area contributed by atoms with Crippen molar-refractivity contribution in [2.45, 2.75) is 13.3 Å². The van der Waals surface area contributed by atoms with Crippen LogP contribution in [0.3, 0.4) is 0 Å². The maximum absolute atomic E-state index is 10.6. The van der Waals surface area contributed by atoms with Gasteiger partial charge in [-0.2, -0.15) is 0 Å². The summed E-state index contributed by atoms with van der Waals surface area (Å²) in [5, 5.41) is 8.74. The third-order valence-electron chi connectivity index (χ3n) is 2.07. The molecule has 3 nitrogen and oxygen atoms in total. The lowest BCUT2D eigenvalue weighted by atomic mass is 9.90. The highest BCUT2D eigenvalue weighted by atomic mass is 16.4. The topological polar surface area (TPSA) is 40.5 Å². The van der Waals surface area contributed by atoms with Crippen LogP contribution >= 0.6 is 0 Å². The number of carboxylic acid groups (broad SMARTS) is 1. The zero-order valence-corrected chi connectivity index (χ0v) is 6.13. The van der Waals surface area contributed by atoms with Crippen molar-refractivity contribution in [3.05, 3.63) is 7.05 Å². The molecule has 0 aliphatic carbocycles. The summed E-state index contributed by atoms with van der Waals surface area (Å²) in [6, 6.07) is 0. The predicted molar refractivity (Wildman–Crippen MR) is 37.3 cm³/mol. The zero-order valence-electron chi connectivity index (χ0n) is 6.13. The molecule has 1 N–H and O–H groups in total. The second kappa shape index (κ2) is 2.23. The van der Waals surface area contributed by atoms with E-state index in [1.54, 1.807) is 11.8 Å². The first-order valence-corrected chi connectivity index (χ1v) is 3.33. The fraction of sp³-hybridized carbons (Fsp3) is 0.714. The fourth-order valence-corrected chi connectivity index (χ4v) is 1.23. The summed E-state index contributed by atoms with van der Waals surface area (Å²) in [4.78, 5) is 12.4. The second-order valence-electron chi connectivity index (χ2n) is 3.17. The Morgan fingerprint density at radius 1 is 1.80 bits per heavy atom. The molecule has 1 fully saturated rings. The van der Waals surface area contributed by atoms with Crippen LogP contribution in [-0.2, 0) is 4.79 Å². The predicted octanol–water partition coefficient (Wildman–Crippen LogP) is 0.575. The first kappa shape index (κ1) is 7.54. The van der Waals surface area contributed by atoms with Gasteiger partial charge in [0.25, 0.3) is 0 Å². The molecular weight excluding hydrogens is 130 g/mol. The van der Waals surface area contributed by atoms with E-state index in [9.17, 15) is 4.79 Å². The highest BCUT2D eigenvalue weighted by molar-refractivity contribution is 5.74. The van der Waals surface area contributed by atoms with Gasteiger partial charge in [-0.3, -0.25) is 4.79 Å². The molecule has 1 aliphatic rings. The van der Waals surface area contributed by atoms with Gasteiger partial charge in [0, 0.05) is 13.6 Å². The van der Waals surface area contributed by atoms with Crippen LogP contribution in [0.5, 0.6) is 0 Å². The number of carbonyl (C=O) groups is 1. The van der Waals surface area contributed by atoms with E-state index in [-0.39, 0.29) is 0 Å². The van der Waals surface area contributed by atoms with Crippen LogP contribution in [0.15, 0.2) is 0 Å². The molecule has 1 atom stereocenters. The molecule has 1 radical (unpaired) electrons. The number of nitrogens with zero attached hydrogens (tertiary/aromatic N) is 1. The standard InChI is InChI=1S/C7H12NO2/c1-7(6(9)10)3-4-8(2)5-7/h2-5H2,1H3,(H,9,10)/t7-/m0/s1. The van der Waals surface area contributed by atoms with E-state index in [1.165, 1.54) is 0 Å². The lowest BCUT2D eigenvalue weighted by molar-refractivity contribution is -0.147. The van der Waals surface area contributed by atoms with Crippen molar-refractivity contribution >= 4 is 5.97 Å². The minimum absolute atomic E-state index is 0.554. The van der Waals surface area contributed by atoms with E-state index in [2.05, 4.69) is 7.05 Å². The van der Waals surface area contributed by atoms with Gasteiger partial charge in [0.2, 0.25) is 0 Å². The van der Waals surface area contributed by atoms with Crippen LogP contribution in [0.1, 0.15) is 13.3 Å². The molecular formula is C7H12NO2. The molecule has 0 saturated carbocycles. The van der Waals surface area contributed by atoms with Crippen molar-refractivity contribution in [1.29, 1.82) is 0 Å². The van der Waals surface area contributed by atoms with E-state index in [0.717, 1.165) is 6.54 Å². The van der Waals surface area contributed by atoms with Crippen molar-refractivity contribution < 1.29 is 9.90 Å². The molecule has 0 bridgehead atoms. The van der Waals surface area contributed by atoms with Crippen molar-refractivity contribution in [2.24, 2.45) is 5.41 Å². The number of rotatable bonds is 1. The smallest absolute Gasteiger partial charge is 0.310 e. The number of hydrogen-bond donors (Lipinski definition) is 1. The molecule has 3 heteroatoms. The van der Waals surface area contributed by atoms with Crippen molar-refractivity contribution in [3.63, 3.8) is 0 Å². The second-order valence-corrected chi connectivity index (χ2v) is 3.17. The fourth-order valence-electron chi connectivity index (χ4n) is 1.23. The largest absolute Gasteiger partial charge is 0.481 e. The van der Waals surface area contributed by atoms with Gasteiger partial charge in [-0.1, -0.05) is 0 Å². The van der Waals surface area contributed by atoms with Gasteiger partial charge in [-0.25, -0.2) is 0 Å². The Bertz CT molecular complexity index is 158. The van der Waals surface area contributed by atoms with Gasteiger partial charge in [0.05, 0.1) is 5.41 Å². The van der Waals surface area contributed by atoms with Gasteiger partial charge in [0.1, 0.15) is 0 Å². The third kappa shape index (κ3) is 1.14. The Balaban J connectivity index is 2.63. The molecule has 1 rings (SSSR count). The minimum Gasteiger partial charge on any atom is -0.481 e. The summed E-state index contributed by atoms with van der Waals surface area (Å²) in [5.41, 5.74) is -0.554. The summed E-state index contributed by atoms with van der Waals surface area (Å²) in [6.45, 7) is 3.13. The van der Waals surface area contributed by atoms with Crippen LogP contribution in [0, 0.1) is 12.5 Å². The maximum Gasteiger partial charge on any atom is 0.310 e. The summed E-state index contributed by atoms with van der Waals surface area (Å²) < 4.78 is 0. The van der Waals surface area contributed by atoms with E-state index in [4.69, 9.17) is 5.11 Å². The Labute approximate surface area is 60.6 Å². The third-order valence-corrected chi connectivity index (χ3v) is 2.07. The van der Waals surface area contributed by atoms with Gasteiger partial charge < -0.3 is 10.0 Å². The maximum atomic E-state index is 10.6. The molecule has 0 aromatic carbocycles. The lowest BCUT2D eigenvalue weighted by Crippen LogP contribution is -2.29. The van der Waals surface area contributed by atoms with Crippen LogP contribution in [0.25, 0.3) is 0 Å². The molecule has 57 valence electrons. The summed E-state index contributed by atoms with van der Waals surface area (Å²) in [6.07, 6.45) is 0.714. The lowest BCUT2D eigenvalue weighted by Gasteiger charge is -2.16. The summed E-state index contributed by atoms with van der Waals surface area (Å²) in [7, 11) is 3.69. The highest BCUT2D eigenvalue weighted by Crippen LogP contribution is 2.28. The molecule has 0 aromatic rings. The van der Waals surface area contributed by atoms with Crippen LogP contribution in [0.2, 0.25) is 0 Å². The molecule has 10 heavy (non-hydrogen) atoms. The Morgan fingerprint density at radius 2 is 2.40 bits per heavy atom. The molecule has 1 aliphatic heterocycles.